The van der Waals surface area contributed by atoms with Gasteiger partial charge in [-0.3, -0.25) is 4.79 Å². The molecule has 0 aliphatic carbocycles. The Morgan fingerprint density at radius 2 is 2.08 bits per heavy atom. The third-order valence-corrected chi connectivity index (χ3v) is 4.90. The molecule has 2 fully saturated rings. The van der Waals surface area contributed by atoms with Gasteiger partial charge in [-0.15, -0.1) is 0 Å². The summed E-state index contributed by atoms with van der Waals surface area (Å²) in [4.78, 5) is 16.7. The molecule has 0 aromatic heterocycles. The highest BCUT2D eigenvalue weighted by Crippen LogP contribution is 2.20. The van der Waals surface area contributed by atoms with Crippen LogP contribution in [-0.4, -0.2) is 62.4 Å². The molecule has 0 saturated carbocycles. The summed E-state index contributed by atoms with van der Waals surface area (Å²) in [5.41, 5.74) is 2.50. The zero-order valence-electron chi connectivity index (χ0n) is 14.7. The normalized spacial score (nSPS) is 24.4. The molecule has 1 aromatic rings. The molecule has 3 rings (SSSR count). The van der Waals surface area contributed by atoms with E-state index >= 15 is 0 Å². The van der Waals surface area contributed by atoms with Crippen LogP contribution >= 0.6 is 0 Å². The molecule has 2 aliphatic rings. The second kappa shape index (κ2) is 7.99. The Kier molecular flexibility index (Phi) is 5.74. The lowest BCUT2D eigenvalue weighted by atomic mass is 10.1. The lowest BCUT2D eigenvalue weighted by Crippen LogP contribution is -2.55. The number of nitrogens with zero attached hydrogens (tertiary/aromatic N) is 2. The van der Waals surface area contributed by atoms with Crippen LogP contribution in [0.25, 0.3) is 0 Å². The van der Waals surface area contributed by atoms with E-state index in [0.717, 1.165) is 39.1 Å². The fraction of sp³-hybridized carbons (Fsp3) is 0.632. The van der Waals surface area contributed by atoms with E-state index in [2.05, 4.69) is 43.0 Å². The van der Waals surface area contributed by atoms with Crippen molar-refractivity contribution in [3.63, 3.8) is 0 Å². The minimum absolute atomic E-state index is 0.0871. The number of aryl methyl sites for hydroxylation is 1. The first-order valence-corrected chi connectivity index (χ1v) is 8.94. The van der Waals surface area contributed by atoms with Crippen LogP contribution in [0.3, 0.4) is 0 Å². The van der Waals surface area contributed by atoms with E-state index in [1.165, 1.54) is 11.3 Å². The number of carbonyl (C=O) groups is 1. The molecule has 1 amide bonds. The molecule has 0 unspecified atom stereocenters. The van der Waals surface area contributed by atoms with Crippen LogP contribution in [0.4, 0.5) is 5.69 Å². The van der Waals surface area contributed by atoms with E-state index in [0.29, 0.717) is 6.61 Å². The minimum atomic E-state index is 0.0871. The van der Waals surface area contributed by atoms with E-state index in [1.54, 1.807) is 0 Å². The lowest BCUT2D eigenvalue weighted by molar-refractivity contribution is -0.139. The average molecular weight is 332 g/mol. The Labute approximate surface area is 144 Å². The lowest BCUT2D eigenvalue weighted by Gasteiger charge is -2.41. The van der Waals surface area contributed by atoms with Crippen LogP contribution < -0.4 is 4.90 Å². The van der Waals surface area contributed by atoms with Crippen molar-refractivity contribution in [2.45, 2.75) is 38.8 Å². The number of piperazine rings is 1. The van der Waals surface area contributed by atoms with Crippen LogP contribution in [0.1, 0.15) is 25.3 Å². The molecule has 0 radical (unpaired) electrons. The summed E-state index contributed by atoms with van der Waals surface area (Å²) in [7, 11) is 0. The van der Waals surface area contributed by atoms with E-state index in [-0.39, 0.29) is 24.7 Å². The first-order chi connectivity index (χ1) is 11.6. The molecule has 0 N–H and O–H groups in total. The Morgan fingerprint density at radius 1 is 1.29 bits per heavy atom. The molecule has 24 heavy (non-hydrogen) atoms. The monoisotopic (exact) mass is 332 g/mol. The number of benzene rings is 1. The van der Waals surface area contributed by atoms with Gasteiger partial charge in [0.05, 0.1) is 12.7 Å². The maximum atomic E-state index is 12.4. The number of amides is 1. The van der Waals surface area contributed by atoms with Crippen molar-refractivity contribution in [2.75, 3.05) is 44.4 Å². The highest BCUT2D eigenvalue weighted by molar-refractivity contribution is 5.78. The molecule has 0 bridgehead atoms. The number of hydrogen-bond donors (Lipinski definition) is 0. The van der Waals surface area contributed by atoms with Crippen LogP contribution in [-0.2, 0) is 14.3 Å². The predicted octanol–water partition coefficient (Wildman–Crippen LogP) is 2.23. The van der Waals surface area contributed by atoms with Gasteiger partial charge in [-0.2, -0.15) is 0 Å². The number of carbonyl (C=O) groups excluding carboxylic acids is 1. The fourth-order valence-corrected chi connectivity index (χ4v) is 3.45. The molecule has 2 heterocycles. The van der Waals surface area contributed by atoms with Crippen LogP contribution in [0.15, 0.2) is 24.3 Å². The first-order valence-electron chi connectivity index (χ1n) is 8.94. The summed E-state index contributed by atoms with van der Waals surface area (Å²) in [6.45, 7) is 8.19. The largest absolute Gasteiger partial charge is 0.376 e. The average Bonchev–Trinajstić information content (AvgIpc) is 3.08. The van der Waals surface area contributed by atoms with Gasteiger partial charge in [0, 0.05) is 38.0 Å². The van der Waals surface area contributed by atoms with Gasteiger partial charge in [-0.25, -0.2) is 0 Å². The van der Waals surface area contributed by atoms with Gasteiger partial charge in [-0.1, -0.05) is 17.7 Å². The van der Waals surface area contributed by atoms with Crippen LogP contribution in [0, 0.1) is 6.92 Å². The maximum absolute atomic E-state index is 12.4. The van der Waals surface area contributed by atoms with Crippen LogP contribution in [0.2, 0.25) is 0 Å². The van der Waals surface area contributed by atoms with Crippen molar-refractivity contribution in [3.8, 4) is 0 Å². The Morgan fingerprint density at radius 3 is 2.75 bits per heavy atom. The van der Waals surface area contributed by atoms with Crippen molar-refractivity contribution in [1.82, 2.24) is 4.90 Å². The highest BCUT2D eigenvalue weighted by atomic mass is 16.5. The Balaban J connectivity index is 1.46. The predicted molar refractivity (Wildman–Crippen MR) is 94.4 cm³/mol. The molecule has 2 saturated heterocycles. The second-order valence-electron chi connectivity index (χ2n) is 6.87. The van der Waals surface area contributed by atoms with Crippen molar-refractivity contribution in [2.24, 2.45) is 0 Å². The smallest absolute Gasteiger partial charge is 0.248 e. The topological polar surface area (TPSA) is 42.0 Å². The first kappa shape index (κ1) is 17.2. The van der Waals surface area contributed by atoms with E-state index in [4.69, 9.17) is 9.47 Å². The Bertz CT molecular complexity index is 540. The van der Waals surface area contributed by atoms with Gasteiger partial charge in [0.1, 0.15) is 6.61 Å². The van der Waals surface area contributed by atoms with Crippen molar-refractivity contribution in [1.29, 1.82) is 0 Å². The van der Waals surface area contributed by atoms with Gasteiger partial charge in [0.2, 0.25) is 5.91 Å². The number of ether oxygens (including phenoxy) is 2. The summed E-state index contributed by atoms with van der Waals surface area (Å²) in [5.74, 6) is 0.0871. The van der Waals surface area contributed by atoms with Crippen molar-refractivity contribution >= 4 is 11.6 Å². The maximum Gasteiger partial charge on any atom is 0.248 e. The molecule has 5 heteroatoms. The second-order valence-corrected chi connectivity index (χ2v) is 6.87. The molecule has 1 aromatic carbocycles. The van der Waals surface area contributed by atoms with Gasteiger partial charge in [0.25, 0.3) is 0 Å². The SMILES string of the molecule is Cc1ccc(N2CCN(C(=O)COC[C@H]3CCCO3)[C@@H](C)C2)cc1. The zero-order valence-corrected chi connectivity index (χ0v) is 14.7. The van der Waals surface area contributed by atoms with Gasteiger partial charge in [0.15, 0.2) is 0 Å². The number of hydrogen-bond acceptors (Lipinski definition) is 4. The van der Waals surface area contributed by atoms with E-state index < -0.39 is 0 Å². The van der Waals surface area contributed by atoms with E-state index in [9.17, 15) is 4.79 Å². The zero-order chi connectivity index (χ0) is 16.9. The third kappa shape index (κ3) is 4.28. The molecular weight excluding hydrogens is 304 g/mol. The van der Waals surface area contributed by atoms with Gasteiger partial charge in [-0.05, 0) is 38.8 Å². The van der Waals surface area contributed by atoms with Crippen LogP contribution in [0.5, 0.6) is 0 Å². The number of anilines is 1. The highest BCUT2D eigenvalue weighted by Gasteiger charge is 2.27. The molecule has 2 atom stereocenters. The summed E-state index contributed by atoms with van der Waals surface area (Å²) in [5, 5.41) is 0. The van der Waals surface area contributed by atoms with Gasteiger partial charge >= 0.3 is 0 Å². The molecule has 132 valence electrons. The quantitative estimate of drug-likeness (QED) is 0.829. The summed E-state index contributed by atoms with van der Waals surface area (Å²) >= 11 is 0. The Hall–Kier alpha value is -1.59. The fourth-order valence-electron chi connectivity index (χ4n) is 3.45. The minimum Gasteiger partial charge on any atom is -0.376 e. The van der Waals surface area contributed by atoms with Crippen molar-refractivity contribution in [3.05, 3.63) is 29.8 Å². The van der Waals surface area contributed by atoms with Gasteiger partial charge < -0.3 is 19.3 Å². The van der Waals surface area contributed by atoms with E-state index in [1.807, 2.05) is 4.90 Å². The standard InChI is InChI=1S/C19H28N2O3/c1-15-5-7-17(8-6-15)20-9-10-21(16(2)12-20)19(22)14-23-13-18-4-3-11-24-18/h5-8,16,18H,3-4,9-14H2,1-2H3/t16-,18+/m0/s1. The summed E-state index contributed by atoms with van der Waals surface area (Å²) in [6, 6.07) is 8.78. The number of rotatable bonds is 5. The molecule has 5 nitrogen and oxygen atoms in total. The summed E-state index contributed by atoms with van der Waals surface area (Å²) in [6.07, 6.45) is 2.31. The third-order valence-electron chi connectivity index (χ3n) is 4.90. The molecular formula is C19H28N2O3. The molecule has 2 aliphatic heterocycles. The van der Waals surface area contributed by atoms with Crippen molar-refractivity contribution < 1.29 is 14.3 Å². The summed E-state index contributed by atoms with van der Waals surface area (Å²) < 4.78 is 11.1. The molecule has 0 spiro atoms.